The number of carbonyl (C=O) groups excluding carboxylic acids is 1. The van der Waals surface area contributed by atoms with E-state index in [9.17, 15) is 4.79 Å². The summed E-state index contributed by atoms with van der Waals surface area (Å²) in [7, 11) is 0. The van der Waals surface area contributed by atoms with Crippen molar-refractivity contribution in [2.75, 3.05) is 6.54 Å². The second-order valence-electron chi connectivity index (χ2n) is 6.80. The lowest BCUT2D eigenvalue weighted by Gasteiger charge is -2.27. The van der Waals surface area contributed by atoms with Crippen LogP contribution in [0.1, 0.15) is 39.1 Å². The smallest absolute Gasteiger partial charge is 0.318 e. The fourth-order valence-corrected chi connectivity index (χ4v) is 2.58. The predicted octanol–water partition coefficient (Wildman–Crippen LogP) is 3.91. The number of benzene rings is 1. The number of urea groups is 1. The normalized spacial score (nSPS) is 11.4. The number of amides is 2. The molecule has 5 nitrogen and oxygen atoms in total. The van der Waals surface area contributed by atoms with Crippen molar-refractivity contribution in [1.82, 2.24) is 19.8 Å². The molecule has 6 heteroatoms. The maximum absolute atomic E-state index is 12.4. The van der Waals surface area contributed by atoms with Gasteiger partial charge in [0, 0.05) is 36.0 Å². The third-order valence-electron chi connectivity index (χ3n) is 3.53. The molecule has 0 aliphatic heterocycles. The van der Waals surface area contributed by atoms with Gasteiger partial charge in [0.1, 0.15) is 5.82 Å². The Kier molecular flexibility index (Phi) is 5.89. The summed E-state index contributed by atoms with van der Waals surface area (Å²) < 4.78 is 2.04. The number of aromatic nitrogens is 2. The van der Waals surface area contributed by atoms with Crippen LogP contribution in [-0.2, 0) is 13.1 Å². The predicted molar refractivity (Wildman–Crippen MR) is 97.1 cm³/mol. The SMILES string of the molecule is CCN(Cc1nccn1Cc1cccc(Cl)c1)C(=O)NC(C)(C)C. The largest absolute Gasteiger partial charge is 0.333 e. The van der Waals surface area contributed by atoms with Gasteiger partial charge in [-0.15, -0.1) is 0 Å². The second-order valence-corrected chi connectivity index (χ2v) is 7.23. The van der Waals surface area contributed by atoms with E-state index in [-0.39, 0.29) is 11.6 Å². The lowest BCUT2D eigenvalue weighted by atomic mass is 10.1. The summed E-state index contributed by atoms with van der Waals surface area (Å²) in [6.07, 6.45) is 3.68. The molecule has 0 fully saturated rings. The zero-order chi connectivity index (χ0) is 17.7. The van der Waals surface area contributed by atoms with Gasteiger partial charge in [0.2, 0.25) is 0 Å². The first kappa shape index (κ1) is 18.3. The highest BCUT2D eigenvalue weighted by Gasteiger charge is 2.20. The molecular weight excluding hydrogens is 324 g/mol. The Hall–Kier alpha value is -2.01. The molecule has 0 saturated heterocycles. The highest BCUT2D eigenvalue weighted by Crippen LogP contribution is 2.14. The van der Waals surface area contributed by atoms with E-state index in [0.717, 1.165) is 11.4 Å². The summed E-state index contributed by atoms with van der Waals surface area (Å²) in [5, 5.41) is 3.71. The van der Waals surface area contributed by atoms with Gasteiger partial charge in [-0.2, -0.15) is 0 Å². The quantitative estimate of drug-likeness (QED) is 0.890. The maximum Gasteiger partial charge on any atom is 0.318 e. The number of carbonyl (C=O) groups is 1. The summed E-state index contributed by atoms with van der Waals surface area (Å²) in [5.41, 5.74) is 0.838. The number of nitrogens with zero attached hydrogens (tertiary/aromatic N) is 3. The number of hydrogen-bond donors (Lipinski definition) is 1. The number of imidazole rings is 1. The first-order chi connectivity index (χ1) is 11.3. The van der Waals surface area contributed by atoms with Crippen molar-refractivity contribution in [2.45, 2.75) is 46.3 Å². The van der Waals surface area contributed by atoms with Gasteiger partial charge in [-0.1, -0.05) is 23.7 Å². The molecule has 0 atom stereocenters. The van der Waals surface area contributed by atoms with Gasteiger partial charge in [-0.25, -0.2) is 9.78 Å². The van der Waals surface area contributed by atoms with Gasteiger partial charge in [0.15, 0.2) is 0 Å². The summed E-state index contributed by atoms with van der Waals surface area (Å²) in [6.45, 7) is 9.63. The Morgan fingerprint density at radius 3 is 2.75 bits per heavy atom. The highest BCUT2D eigenvalue weighted by molar-refractivity contribution is 6.30. The van der Waals surface area contributed by atoms with Crippen molar-refractivity contribution in [3.05, 3.63) is 53.1 Å². The van der Waals surface area contributed by atoms with Gasteiger partial charge in [-0.05, 0) is 45.4 Å². The number of hydrogen-bond acceptors (Lipinski definition) is 2. The third-order valence-corrected chi connectivity index (χ3v) is 3.76. The molecular formula is C18H25ClN4O. The van der Waals surface area contributed by atoms with Crippen molar-refractivity contribution in [1.29, 1.82) is 0 Å². The summed E-state index contributed by atoms with van der Waals surface area (Å²) in [5.74, 6) is 0.848. The van der Waals surface area contributed by atoms with Gasteiger partial charge < -0.3 is 14.8 Å². The van der Waals surface area contributed by atoms with Crippen LogP contribution in [0.25, 0.3) is 0 Å². The molecule has 0 aliphatic carbocycles. The van der Waals surface area contributed by atoms with E-state index in [2.05, 4.69) is 10.3 Å². The molecule has 1 N–H and O–H groups in total. The van der Waals surface area contributed by atoms with Crippen LogP contribution in [0.2, 0.25) is 5.02 Å². The Balaban J connectivity index is 2.10. The van der Waals surface area contributed by atoms with E-state index in [0.29, 0.717) is 24.7 Å². The Morgan fingerprint density at radius 1 is 1.38 bits per heavy atom. The zero-order valence-corrected chi connectivity index (χ0v) is 15.5. The van der Waals surface area contributed by atoms with E-state index in [1.165, 1.54) is 0 Å². The molecule has 0 bridgehead atoms. The standard InChI is InChI=1S/C18H25ClN4O/c1-5-22(17(24)21-18(2,3)4)13-16-20-9-10-23(16)12-14-7-6-8-15(19)11-14/h6-11H,5,12-13H2,1-4H3,(H,21,24). The van der Waals surface area contributed by atoms with E-state index in [1.807, 2.05) is 62.7 Å². The first-order valence-electron chi connectivity index (χ1n) is 8.10. The van der Waals surface area contributed by atoms with E-state index >= 15 is 0 Å². The molecule has 0 spiro atoms. The Morgan fingerprint density at radius 2 is 2.12 bits per heavy atom. The van der Waals surface area contributed by atoms with Gasteiger partial charge in [0.25, 0.3) is 0 Å². The van der Waals surface area contributed by atoms with E-state index < -0.39 is 0 Å². The highest BCUT2D eigenvalue weighted by atomic mass is 35.5. The molecule has 0 radical (unpaired) electrons. The molecule has 0 aliphatic rings. The van der Waals surface area contributed by atoms with Crippen LogP contribution in [0.3, 0.4) is 0 Å². The van der Waals surface area contributed by atoms with Crippen LogP contribution in [0, 0.1) is 0 Å². The lowest BCUT2D eigenvalue weighted by Crippen LogP contribution is -2.48. The average Bonchev–Trinajstić information content (AvgIpc) is 2.89. The molecule has 24 heavy (non-hydrogen) atoms. The van der Waals surface area contributed by atoms with Crippen molar-refractivity contribution >= 4 is 17.6 Å². The minimum absolute atomic E-state index is 0.0812. The van der Waals surface area contributed by atoms with Gasteiger partial charge in [0.05, 0.1) is 6.54 Å². The van der Waals surface area contributed by atoms with Crippen LogP contribution in [0.15, 0.2) is 36.7 Å². The molecule has 1 aromatic heterocycles. The molecule has 1 aromatic carbocycles. The van der Waals surface area contributed by atoms with Crippen LogP contribution in [0.4, 0.5) is 4.79 Å². The average molecular weight is 349 g/mol. The molecule has 2 amide bonds. The molecule has 0 unspecified atom stereocenters. The van der Waals surface area contributed by atoms with Crippen LogP contribution in [0.5, 0.6) is 0 Å². The van der Waals surface area contributed by atoms with Crippen molar-refractivity contribution in [3.63, 3.8) is 0 Å². The summed E-state index contributed by atoms with van der Waals surface area (Å²) >= 11 is 6.05. The number of nitrogens with one attached hydrogen (secondary N) is 1. The second kappa shape index (κ2) is 7.71. The van der Waals surface area contributed by atoms with Crippen molar-refractivity contribution < 1.29 is 4.79 Å². The number of rotatable bonds is 5. The van der Waals surface area contributed by atoms with Crippen LogP contribution in [-0.4, -0.2) is 32.6 Å². The topological polar surface area (TPSA) is 50.2 Å². The molecule has 2 aromatic rings. The monoisotopic (exact) mass is 348 g/mol. The minimum atomic E-state index is -0.263. The van der Waals surface area contributed by atoms with E-state index in [1.54, 1.807) is 11.1 Å². The first-order valence-corrected chi connectivity index (χ1v) is 8.48. The molecule has 130 valence electrons. The fourth-order valence-electron chi connectivity index (χ4n) is 2.37. The number of halogens is 1. The third kappa shape index (κ3) is 5.27. The molecule has 2 rings (SSSR count). The zero-order valence-electron chi connectivity index (χ0n) is 14.7. The Labute approximate surface area is 148 Å². The summed E-state index contributed by atoms with van der Waals surface area (Å²) in [4.78, 5) is 18.6. The summed E-state index contributed by atoms with van der Waals surface area (Å²) in [6, 6.07) is 7.68. The minimum Gasteiger partial charge on any atom is -0.333 e. The van der Waals surface area contributed by atoms with Crippen LogP contribution >= 0.6 is 11.6 Å². The van der Waals surface area contributed by atoms with E-state index in [4.69, 9.17) is 11.6 Å². The molecule has 1 heterocycles. The van der Waals surface area contributed by atoms with Gasteiger partial charge in [-0.3, -0.25) is 0 Å². The van der Waals surface area contributed by atoms with Gasteiger partial charge >= 0.3 is 6.03 Å². The van der Waals surface area contributed by atoms with Crippen molar-refractivity contribution in [2.24, 2.45) is 0 Å². The fraction of sp³-hybridized carbons (Fsp3) is 0.444. The molecule has 0 saturated carbocycles. The lowest BCUT2D eigenvalue weighted by molar-refractivity contribution is 0.187. The Bertz CT molecular complexity index is 690. The maximum atomic E-state index is 12.4. The van der Waals surface area contributed by atoms with Crippen LogP contribution < -0.4 is 5.32 Å². The van der Waals surface area contributed by atoms with Crippen molar-refractivity contribution in [3.8, 4) is 0 Å².